The van der Waals surface area contributed by atoms with Crippen molar-refractivity contribution < 1.29 is 9.21 Å². The molecule has 0 aliphatic rings. The molecule has 0 spiro atoms. The Hall–Kier alpha value is -2.36. The summed E-state index contributed by atoms with van der Waals surface area (Å²) in [5, 5.41) is 0. The van der Waals surface area contributed by atoms with Gasteiger partial charge in [0.2, 0.25) is 0 Å². The van der Waals surface area contributed by atoms with Crippen LogP contribution in [0.5, 0.6) is 0 Å². The highest BCUT2D eigenvalue weighted by Gasteiger charge is 2.18. The fourth-order valence-corrected chi connectivity index (χ4v) is 1.82. The van der Waals surface area contributed by atoms with Crippen LogP contribution in [0.25, 0.3) is 5.57 Å². The van der Waals surface area contributed by atoms with Crippen LogP contribution >= 0.6 is 0 Å². The Bertz CT molecular complexity index is 598. The van der Waals surface area contributed by atoms with Gasteiger partial charge in [0.25, 0.3) is 0 Å². The van der Waals surface area contributed by atoms with E-state index >= 15 is 0 Å². The molecule has 0 N–H and O–H groups in total. The van der Waals surface area contributed by atoms with Crippen LogP contribution in [-0.2, 0) is 0 Å². The zero-order valence-corrected chi connectivity index (χ0v) is 11.3. The molecule has 2 aromatic heterocycles. The number of aromatic nitrogens is 1. The molecule has 0 saturated heterocycles. The van der Waals surface area contributed by atoms with Gasteiger partial charge in [0.15, 0.2) is 5.78 Å². The number of carbonyl (C=O) groups excluding carboxylic acids is 1. The molecule has 0 atom stereocenters. The smallest absolute Gasteiger partial charge is 0.198 e. The lowest BCUT2D eigenvalue weighted by Crippen LogP contribution is -2.09. The molecule has 0 aliphatic heterocycles. The number of nitrogens with zero attached hydrogens (tertiary/aromatic N) is 2. The van der Waals surface area contributed by atoms with E-state index in [4.69, 9.17) is 4.42 Å². The van der Waals surface area contributed by atoms with E-state index in [1.165, 1.54) is 6.26 Å². The van der Waals surface area contributed by atoms with E-state index in [0.29, 0.717) is 16.9 Å². The Morgan fingerprint density at radius 2 is 1.95 bits per heavy atom. The van der Waals surface area contributed by atoms with Crippen molar-refractivity contribution in [1.29, 1.82) is 0 Å². The predicted molar refractivity (Wildman–Crippen MR) is 73.7 cm³/mol. The van der Waals surface area contributed by atoms with Crippen molar-refractivity contribution in [2.75, 3.05) is 14.1 Å². The van der Waals surface area contributed by atoms with Crippen LogP contribution in [0.15, 0.2) is 47.5 Å². The van der Waals surface area contributed by atoms with Crippen LogP contribution in [0, 0.1) is 6.92 Å². The van der Waals surface area contributed by atoms with Crippen LogP contribution in [0.1, 0.15) is 21.7 Å². The fraction of sp³-hybridized carbons (Fsp3) is 0.200. The number of Topliss-reactive ketones (excluding diaryl/α,β-unsaturated/α-hetero) is 1. The number of hydrogen-bond acceptors (Lipinski definition) is 4. The SMILES string of the molecule is Cc1occc1C(=O)/C(=C/N(C)C)c1ccncc1. The molecule has 98 valence electrons. The number of carbonyl (C=O) groups is 1. The van der Waals surface area contributed by atoms with E-state index < -0.39 is 0 Å². The van der Waals surface area contributed by atoms with Gasteiger partial charge in [0, 0.05) is 38.3 Å². The average Bonchev–Trinajstić information content (AvgIpc) is 2.82. The number of aryl methyl sites for hydroxylation is 1. The molecule has 0 bridgehead atoms. The normalized spacial score (nSPS) is 11.4. The molecule has 0 aliphatic carbocycles. The number of rotatable bonds is 4. The van der Waals surface area contributed by atoms with Gasteiger partial charge in [0.05, 0.1) is 11.8 Å². The second-order valence-electron chi connectivity index (χ2n) is 4.46. The molecular formula is C15H16N2O2. The average molecular weight is 256 g/mol. The molecule has 0 saturated carbocycles. The van der Waals surface area contributed by atoms with E-state index in [0.717, 1.165) is 5.56 Å². The molecule has 0 amide bonds. The van der Waals surface area contributed by atoms with Gasteiger partial charge in [0.1, 0.15) is 5.76 Å². The van der Waals surface area contributed by atoms with Crippen LogP contribution in [-0.4, -0.2) is 29.8 Å². The van der Waals surface area contributed by atoms with Crippen LogP contribution in [0.4, 0.5) is 0 Å². The minimum atomic E-state index is -0.0499. The first-order valence-corrected chi connectivity index (χ1v) is 5.97. The first kappa shape index (κ1) is 13.1. The predicted octanol–water partition coefficient (Wildman–Crippen LogP) is 2.77. The van der Waals surface area contributed by atoms with Crippen LogP contribution in [0.3, 0.4) is 0 Å². The van der Waals surface area contributed by atoms with Gasteiger partial charge in [-0.25, -0.2) is 0 Å². The minimum absolute atomic E-state index is 0.0499. The Balaban J connectivity index is 2.46. The molecule has 4 heteroatoms. The maximum absolute atomic E-state index is 12.6. The molecule has 0 fully saturated rings. The number of ketones is 1. The van der Waals surface area contributed by atoms with E-state index in [1.54, 1.807) is 25.4 Å². The van der Waals surface area contributed by atoms with Crippen LogP contribution in [0.2, 0.25) is 0 Å². The summed E-state index contributed by atoms with van der Waals surface area (Å²) in [5.41, 5.74) is 2.05. The third-order valence-corrected chi connectivity index (χ3v) is 2.73. The van der Waals surface area contributed by atoms with Gasteiger partial charge >= 0.3 is 0 Å². The van der Waals surface area contributed by atoms with E-state index in [9.17, 15) is 4.79 Å². The van der Waals surface area contributed by atoms with Crippen molar-refractivity contribution in [3.63, 3.8) is 0 Å². The molecule has 0 radical (unpaired) electrons. The quantitative estimate of drug-likeness (QED) is 0.623. The van der Waals surface area contributed by atoms with Gasteiger partial charge in [-0.15, -0.1) is 0 Å². The van der Waals surface area contributed by atoms with Crippen molar-refractivity contribution in [3.8, 4) is 0 Å². The van der Waals surface area contributed by atoms with Crippen molar-refractivity contribution in [3.05, 3.63) is 59.9 Å². The van der Waals surface area contributed by atoms with Gasteiger partial charge in [-0.05, 0) is 30.7 Å². The van der Waals surface area contributed by atoms with E-state index in [-0.39, 0.29) is 5.78 Å². The Morgan fingerprint density at radius 3 is 2.47 bits per heavy atom. The minimum Gasteiger partial charge on any atom is -0.469 e. The molecule has 0 aromatic carbocycles. The summed E-state index contributed by atoms with van der Waals surface area (Å²) in [6.45, 7) is 1.78. The third kappa shape index (κ3) is 2.91. The van der Waals surface area contributed by atoms with Crippen molar-refractivity contribution in [2.45, 2.75) is 6.92 Å². The zero-order valence-electron chi connectivity index (χ0n) is 11.3. The van der Waals surface area contributed by atoms with E-state index in [1.807, 2.05) is 37.3 Å². The first-order chi connectivity index (χ1) is 9.09. The maximum Gasteiger partial charge on any atom is 0.198 e. The van der Waals surface area contributed by atoms with E-state index in [2.05, 4.69) is 4.98 Å². The first-order valence-electron chi connectivity index (χ1n) is 5.97. The summed E-state index contributed by atoms with van der Waals surface area (Å²) in [7, 11) is 3.77. The molecule has 19 heavy (non-hydrogen) atoms. The summed E-state index contributed by atoms with van der Waals surface area (Å²) >= 11 is 0. The Morgan fingerprint density at radius 1 is 1.26 bits per heavy atom. The Kier molecular flexibility index (Phi) is 3.80. The topological polar surface area (TPSA) is 46.3 Å². The lowest BCUT2D eigenvalue weighted by atomic mass is 9.98. The summed E-state index contributed by atoms with van der Waals surface area (Å²) in [4.78, 5) is 18.4. The number of hydrogen-bond donors (Lipinski definition) is 0. The molecular weight excluding hydrogens is 240 g/mol. The monoisotopic (exact) mass is 256 g/mol. The second kappa shape index (κ2) is 5.52. The highest BCUT2D eigenvalue weighted by atomic mass is 16.3. The van der Waals surface area contributed by atoms with Crippen molar-refractivity contribution in [1.82, 2.24) is 9.88 Å². The fourth-order valence-electron chi connectivity index (χ4n) is 1.82. The second-order valence-corrected chi connectivity index (χ2v) is 4.46. The Labute approximate surface area is 112 Å². The summed E-state index contributed by atoms with van der Waals surface area (Å²) in [6.07, 6.45) is 6.69. The molecule has 0 unspecified atom stereocenters. The number of allylic oxidation sites excluding steroid dienone is 1. The largest absolute Gasteiger partial charge is 0.469 e. The molecule has 2 aromatic rings. The van der Waals surface area contributed by atoms with Gasteiger partial charge in [-0.2, -0.15) is 0 Å². The zero-order chi connectivity index (χ0) is 13.8. The summed E-state index contributed by atoms with van der Waals surface area (Å²) < 4.78 is 5.20. The molecule has 4 nitrogen and oxygen atoms in total. The highest BCUT2D eigenvalue weighted by Crippen LogP contribution is 2.22. The van der Waals surface area contributed by atoms with Gasteiger partial charge in [-0.1, -0.05) is 0 Å². The lowest BCUT2D eigenvalue weighted by Gasteiger charge is -2.11. The van der Waals surface area contributed by atoms with Gasteiger partial charge < -0.3 is 9.32 Å². The lowest BCUT2D eigenvalue weighted by molar-refractivity contribution is 0.105. The molecule has 2 heterocycles. The summed E-state index contributed by atoms with van der Waals surface area (Å²) in [5.74, 6) is 0.579. The summed E-state index contributed by atoms with van der Waals surface area (Å²) in [6, 6.07) is 5.34. The van der Waals surface area contributed by atoms with Gasteiger partial charge in [-0.3, -0.25) is 9.78 Å². The highest BCUT2D eigenvalue weighted by molar-refractivity contribution is 6.29. The number of pyridine rings is 1. The van der Waals surface area contributed by atoms with Crippen LogP contribution < -0.4 is 0 Å². The van der Waals surface area contributed by atoms with Crippen molar-refractivity contribution >= 4 is 11.4 Å². The number of furan rings is 1. The standard InChI is InChI=1S/C15H16N2O2/c1-11-13(6-9-19-11)15(18)14(10-17(2)3)12-4-7-16-8-5-12/h4-10H,1-3H3/b14-10+. The molecule has 2 rings (SSSR count). The van der Waals surface area contributed by atoms with Crippen molar-refractivity contribution in [2.24, 2.45) is 0 Å². The maximum atomic E-state index is 12.6. The third-order valence-electron chi connectivity index (χ3n) is 2.73.